The summed E-state index contributed by atoms with van der Waals surface area (Å²) in [4.78, 5) is 25.1. The van der Waals surface area contributed by atoms with E-state index in [1.165, 1.54) is 19.5 Å². The van der Waals surface area contributed by atoms with E-state index in [0.29, 0.717) is 34.9 Å². The molecule has 0 unspecified atom stereocenters. The van der Waals surface area contributed by atoms with Crippen LogP contribution in [0.3, 0.4) is 0 Å². The van der Waals surface area contributed by atoms with E-state index < -0.39 is 5.56 Å². The highest BCUT2D eigenvalue weighted by atomic mass is 35.5. The molecule has 2 aromatic heterocycles. The fourth-order valence-corrected chi connectivity index (χ4v) is 4.68. The van der Waals surface area contributed by atoms with E-state index in [1.54, 1.807) is 6.07 Å². The van der Waals surface area contributed by atoms with Gasteiger partial charge in [-0.25, -0.2) is 4.68 Å². The molecular formula is C23H33ClN6O3. The number of anilines is 1. The summed E-state index contributed by atoms with van der Waals surface area (Å²) in [7, 11) is 1.48. The Balaban J connectivity index is 1.66. The van der Waals surface area contributed by atoms with Crippen molar-refractivity contribution in [1.29, 1.82) is 0 Å². The highest BCUT2D eigenvalue weighted by Gasteiger charge is 2.43. The van der Waals surface area contributed by atoms with Gasteiger partial charge in [0.05, 0.1) is 25.2 Å². The second kappa shape index (κ2) is 10.1. The van der Waals surface area contributed by atoms with Gasteiger partial charge in [-0.15, -0.1) is 5.10 Å². The van der Waals surface area contributed by atoms with Gasteiger partial charge in [-0.05, 0) is 35.7 Å². The molecule has 9 nitrogen and oxygen atoms in total. The van der Waals surface area contributed by atoms with Crippen LogP contribution >= 0.6 is 11.6 Å². The van der Waals surface area contributed by atoms with Crippen LogP contribution in [0.1, 0.15) is 46.6 Å². The molecule has 2 aromatic rings. The number of methoxy groups -OCH3 is 1. The van der Waals surface area contributed by atoms with Crippen LogP contribution in [0.15, 0.2) is 23.3 Å². The van der Waals surface area contributed by atoms with Gasteiger partial charge in [0.15, 0.2) is 0 Å². The first-order valence-corrected chi connectivity index (χ1v) is 11.6. The number of amides is 1. The first-order chi connectivity index (χ1) is 15.6. The zero-order valence-electron chi connectivity index (χ0n) is 20.1. The lowest BCUT2D eigenvalue weighted by molar-refractivity contribution is -0.122. The normalized spacial score (nSPS) is 24.2. The van der Waals surface area contributed by atoms with Gasteiger partial charge >= 0.3 is 0 Å². The standard InChI is InChI=1S/C23H33ClN6O3/c1-13-9-17(14(2)15(3)23(13,4)5)28-18-11-27-30(22(32)20(18)24)12-19(31)25-10-16-7-8-26-29-21(16)33-6/h7-8,11,13-15,17,28H,9-10,12H2,1-6H3,(H,25,31)/t13-,14+,15+,17+/m0/s1. The van der Waals surface area contributed by atoms with Crippen molar-refractivity contribution in [2.45, 2.75) is 60.2 Å². The van der Waals surface area contributed by atoms with Gasteiger partial charge < -0.3 is 15.4 Å². The summed E-state index contributed by atoms with van der Waals surface area (Å²) in [6, 6.07) is 1.88. The van der Waals surface area contributed by atoms with Crippen LogP contribution in [0.4, 0.5) is 5.69 Å². The van der Waals surface area contributed by atoms with Crippen molar-refractivity contribution >= 4 is 23.2 Å². The number of carbonyl (C=O) groups is 1. The molecule has 1 fully saturated rings. The topological polar surface area (TPSA) is 111 Å². The zero-order chi connectivity index (χ0) is 24.3. The Kier molecular flexibility index (Phi) is 7.62. The maximum absolute atomic E-state index is 12.8. The van der Waals surface area contributed by atoms with Crippen molar-refractivity contribution in [3.8, 4) is 5.88 Å². The molecule has 1 aliphatic carbocycles. The lowest BCUT2D eigenvalue weighted by atomic mass is 9.58. The molecule has 2 heterocycles. The van der Waals surface area contributed by atoms with E-state index in [9.17, 15) is 9.59 Å². The average Bonchev–Trinajstić information content (AvgIpc) is 2.80. The average molecular weight is 477 g/mol. The maximum atomic E-state index is 12.8. The van der Waals surface area contributed by atoms with Gasteiger partial charge in [0.25, 0.3) is 5.56 Å². The van der Waals surface area contributed by atoms with Gasteiger partial charge in [-0.2, -0.15) is 10.2 Å². The van der Waals surface area contributed by atoms with Crippen LogP contribution in [0.5, 0.6) is 5.88 Å². The van der Waals surface area contributed by atoms with Crippen molar-refractivity contribution in [2.24, 2.45) is 23.2 Å². The molecular weight excluding hydrogens is 444 g/mol. The minimum absolute atomic E-state index is 0.0372. The molecule has 1 amide bonds. The monoisotopic (exact) mass is 476 g/mol. The van der Waals surface area contributed by atoms with Crippen molar-refractivity contribution in [3.05, 3.63) is 39.4 Å². The third kappa shape index (κ3) is 5.29. The minimum atomic E-state index is -0.509. The quantitative estimate of drug-likeness (QED) is 0.631. The second-order valence-corrected chi connectivity index (χ2v) is 9.91. The summed E-state index contributed by atoms with van der Waals surface area (Å²) in [6.45, 7) is 11.4. The highest BCUT2D eigenvalue weighted by molar-refractivity contribution is 6.32. The molecule has 180 valence electrons. The smallest absolute Gasteiger partial charge is 0.288 e. The zero-order valence-corrected chi connectivity index (χ0v) is 20.8. The third-order valence-corrected chi connectivity index (χ3v) is 7.89. The van der Waals surface area contributed by atoms with E-state index in [1.807, 2.05) is 0 Å². The van der Waals surface area contributed by atoms with Crippen molar-refractivity contribution in [3.63, 3.8) is 0 Å². The number of aromatic nitrogens is 4. The van der Waals surface area contributed by atoms with Crippen LogP contribution in [-0.2, 0) is 17.9 Å². The molecule has 1 aliphatic rings. The molecule has 0 radical (unpaired) electrons. The Morgan fingerprint density at radius 1 is 1.33 bits per heavy atom. The van der Waals surface area contributed by atoms with Crippen molar-refractivity contribution in [2.75, 3.05) is 12.4 Å². The number of rotatable bonds is 7. The Labute approximate surface area is 199 Å². The molecule has 0 spiro atoms. The van der Waals surface area contributed by atoms with Gasteiger partial charge in [0.2, 0.25) is 11.8 Å². The minimum Gasteiger partial charge on any atom is -0.480 e. The predicted molar refractivity (Wildman–Crippen MR) is 127 cm³/mol. The first-order valence-electron chi connectivity index (χ1n) is 11.2. The first kappa shape index (κ1) is 25.0. The van der Waals surface area contributed by atoms with Crippen LogP contribution < -0.4 is 20.9 Å². The van der Waals surface area contributed by atoms with E-state index in [2.05, 4.69) is 60.5 Å². The summed E-state index contributed by atoms with van der Waals surface area (Å²) in [5, 5.41) is 18.0. The molecule has 0 saturated heterocycles. The number of halogens is 1. The molecule has 2 N–H and O–H groups in total. The van der Waals surface area contributed by atoms with E-state index in [4.69, 9.17) is 16.3 Å². The lowest BCUT2D eigenvalue weighted by Crippen LogP contribution is -2.48. The third-order valence-electron chi connectivity index (χ3n) is 7.53. The van der Waals surface area contributed by atoms with Gasteiger partial charge in [0.1, 0.15) is 11.6 Å². The molecule has 33 heavy (non-hydrogen) atoms. The molecule has 0 aliphatic heterocycles. The molecule has 10 heteroatoms. The fourth-order valence-electron chi connectivity index (χ4n) is 4.48. The summed E-state index contributed by atoms with van der Waals surface area (Å²) < 4.78 is 6.18. The van der Waals surface area contributed by atoms with E-state index in [-0.39, 0.29) is 35.5 Å². The molecule has 1 saturated carbocycles. The number of ether oxygens (including phenoxy) is 1. The predicted octanol–water partition coefficient (Wildman–Crippen LogP) is 3.13. The number of nitrogens with one attached hydrogen (secondary N) is 2. The maximum Gasteiger partial charge on any atom is 0.288 e. The van der Waals surface area contributed by atoms with Gasteiger partial charge in [-0.1, -0.05) is 46.2 Å². The van der Waals surface area contributed by atoms with Crippen LogP contribution in [0.2, 0.25) is 5.02 Å². The number of nitrogens with zero attached hydrogens (tertiary/aromatic N) is 4. The number of hydrogen-bond acceptors (Lipinski definition) is 7. The second-order valence-electron chi connectivity index (χ2n) is 9.53. The Morgan fingerprint density at radius 2 is 2.06 bits per heavy atom. The number of hydrogen-bond donors (Lipinski definition) is 2. The Morgan fingerprint density at radius 3 is 2.76 bits per heavy atom. The summed E-state index contributed by atoms with van der Waals surface area (Å²) in [5.41, 5.74) is 0.908. The van der Waals surface area contributed by atoms with Gasteiger partial charge in [0, 0.05) is 18.2 Å². The van der Waals surface area contributed by atoms with E-state index in [0.717, 1.165) is 11.1 Å². The summed E-state index contributed by atoms with van der Waals surface area (Å²) in [5.74, 6) is 1.37. The number of carbonyl (C=O) groups excluding carboxylic acids is 1. The largest absolute Gasteiger partial charge is 0.480 e. The molecule has 0 aromatic carbocycles. The highest BCUT2D eigenvalue weighted by Crippen LogP contribution is 2.48. The molecule has 0 bridgehead atoms. The van der Waals surface area contributed by atoms with Crippen LogP contribution in [0, 0.1) is 23.2 Å². The Hall–Kier alpha value is -2.68. The summed E-state index contributed by atoms with van der Waals surface area (Å²) >= 11 is 6.39. The van der Waals surface area contributed by atoms with E-state index >= 15 is 0 Å². The lowest BCUT2D eigenvalue weighted by Gasteiger charge is -2.50. The van der Waals surface area contributed by atoms with Gasteiger partial charge in [-0.3, -0.25) is 9.59 Å². The van der Waals surface area contributed by atoms with Crippen molar-refractivity contribution < 1.29 is 9.53 Å². The Bertz CT molecular complexity index is 1060. The molecule has 4 atom stereocenters. The summed E-state index contributed by atoms with van der Waals surface area (Å²) in [6.07, 6.45) is 4.01. The molecule has 3 rings (SSSR count). The fraction of sp³-hybridized carbons (Fsp3) is 0.609. The van der Waals surface area contributed by atoms with Crippen molar-refractivity contribution in [1.82, 2.24) is 25.3 Å². The van der Waals surface area contributed by atoms with Crippen LogP contribution in [-0.4, -0.2) is 39.0 Å². The SMILES string of the molecule is COc1nnccc1CNC(=O)Cn1ncc(N[C@@H]2C[C@H](C)C(C)(C)[C@H](C)[C@H]2C)c(Cl)c1=O. The van der Waals surface area contributed by atoms with Crippen LogP contribution in [0.25, 0.3) is 0 Å².